The highest BCUT2D eigenvalue weighted by atomic mass is 16.2. The highest BCUT2D eigenvalue weighted by Gasteiger charge is 2.40. The first-order valence-electron chi connectivity index (χ1n) is 8.04. The average molecular weight is 266 g/mol. The lowest BCUT2D eigenvalue weighted by Gasteiger charge is -2.39. The van der Waals surface area contributed by atoms with Crippen molar-refractivity contribution in [3.63, 3.8) is 0 Å². The van der Waals surface area contributed by atoms with Gasteiger partial charge in [-0.15, -0.1) is 0 Å². The number of hydrogen-bond acceptors (Lipinski definition) is 2. The summed E-state index contributed by atoms with van der Waals surface area (Å²) in [5, 5.41) is 3.42. The minimum absolute atomic E-state index is 0.0646. The quantitative estimate of drug-likeness (QED) is 0.848. The van der Waals surface area contributed by atoms with Gasteiger partial charge in [-0.05, 0) is 37.0 Å². The van der Waals surface area contributed by atoms with E-state index in [4.69, 9.17) is 0 Å². The van der Waals surface area contributed by atoms with Gasteiger partial charge in [0.05, 0.1) is 12.7 Å². The van der Waals surface area contributed by atoms with Crippen molar-refractivity contribution in [3.8, 4) is 0 Å². The highest BCUT2D eigenvalue weighted by Crippen LogP contribution is 2.34. The molecule has 1 heterocycles. The molecule has 110 valence electrons. The molecular formula is C16H30N2O. The molecule has 1 saturated heterocycles. The fraction of sp³-hybridized carbons (Fsp3) is 0.938. The SMILES string of the molecule is CC(C)CC1NCN(C2CCCCC2C(C)C)C1=O. The standard InChI is InChI=1S/C16H30N2O/c1-11(2)9-14-16(19)18(10-17-14)15-8-6-5-7-13(15)12(3)4/h11-15,17H,5-10H2,1-4H3. The van der Waals surface area contributed by atoms with E-state index in [1.165, 1.54) is 25.7 Å². The van der Waals surface area contributed by atoms with Gasteiger partial charge in [-0.3, -0.25) is 10.1 Å². The predicted molar refractivity (Wildman–Crippen MR) is 78.7 cm³/mol. The van der Waals surface area contributed by atoms with Gasteiger partial charge in [0.2, 0.25) is 5.91 Å². The molecule has 0 aromatic heterocycles. The Kier molecular flexibility index (Phi) is 4.88. The number of nitrogens with one attached hydrogen (secondary N) is 1. The van der Waals surface area contributed by atoms with Gasteiger partial charge in [0.15, 0.2) is 0 Å². The molecule has 3 atom stereocenters. The predicted octanol–water partition coefficient (Wildman–Crippen LogP) is 3.01. The van der Waals surface area contributed by atoms with E-state index in [0.29, 0.717) is 29.7 Å². The molecule has 2 aliphatic rings. The van der Waals surface area contributed by atoms with Crippen LogP contribution in [0.5, 0.6) is 0 Å². The third-order valence-corrected chi connectivity index (χ3v) is 4.83. The van der Waals surface area contributed by atoms with Crippen LogP contribution in [-0.2, 0) is 4.79 Å². The lowest BCUT2D eigenvalue weighted by molar-refractivity contribution is -0.133. The van der Waals surface area contributed by atoms with Gasteiger partial charge in [-0.1, -0.05) is 40.5 Å². The minimum atomic E-state index is 0.0646. The van der Waals surface area contributed by atoms with Crippen LogP contribution in [0.1, 0.15) is 59.8 Å². The highest BCUT2D eigenvalue weighted by molar-refractivity contribution is 5.84. The largest absolute Gasteiger partial charge is 0.325 e. The number of hydrogen-bond donors (Lipinski definition) is 1. The van der Waals surface area contributed by atoms with E-state index in [9.17, 15) is 4.79 Å². The van der Waals surface area contributed by atoms with Crippen molar-refractivity contribution in [2.45, 2.75) is 71.9 Å². The van der Waals surface area contributed by atoms with Crippen LogP contribution in [0.15, 0.2) is 0 Å². The van der Waals surface area contributed by atoms with Gasteiger partial charge in [0.25, 0.3) is 0 Å². The van der Waals surface area contributed by atoms with Crippen LogP contribution in [0.25, 0.3) is 0 Å². The molecule has 0 aromatic rings. The molecule has 1 saturated carbocycles. The Morgan fingerprint density at radius 3 is 2.53 bits per heavy atom. The summed E-state index contributed by atoms with van der Waals surface area (Å²) < 4.78 is 0. The van der Waals surface area contributed by atoms with Crippen molar-refractivity contribution < 1.29 is 4.79 Å². The van der Waals surface area contributed by atoms with Crippen LogP contribution in [-0.4, -0.2) is 29.6 Å². The third-order valence-electron chi connectivity index (χ3n) is 4.83. The van der Waals surface area contributed by atoms with Gasteiger partial charge in [-0.25, -0.2) is 0 Å². The second-order valence-electron chi connectivity index (χ2n) is 7.11. The molecular weight excluding hydrogens is 236 g/mol. The van der Waals surface area contributed by atoms with Crippen molar-refractivity contribution in [2.24, 2.45) is 17.8 Å². The Hall–Kier alpha value is -0.570. The molecule has 1 aliphatic heterocycles. The fourth-order valence-corrected chi connectivity index (χ4v) is 3.81. The number of nitrogens with zero attached hydrogens (tertiary/aromatic N) is 1. The smallest absolute Gasteiger partial charge is 0.241 e. The molecule has 2 fully saturated rings. The van der Waals surface area contributed by atoms with Crippen molar-refractivity contribution in [3.05, 3.63) is 0 Å². The second-order valence-corrected chi connectivity index (χ2v) is 7.11. The number of amides is 1. The van der Waals surface area contributed by atoms with Gasteiger partial charge in [-0.2, -0.15) is 0 Å². The zero-order valence-corrected chi connectivity index (χ0v) is 13.0. The topological polar surface area (TPSA) is 32.3 Å². The molecule has 0 radical (unpaired) electrons. The Morgan fingerprint density at radius 1 is 1.21 bits per heavy atom. The Morgan fingerprint density at radius 2 is 1.89 bits per heavy atom. The summed E-state index contributed by atoms with van der Waals surface area (Å²) in [6.45, 7) is 9.76. The van der Waals surface area contributed by atoms with E-state index >= 15 is 0 Å². The first-order chi connectivity index (χ1) is 9.00. The lowest BCUT2D eigenvalue weighted by atomic mass is 9.77. The third kappa shape index (κ3) is 3.31. The molecule has 0 bridgehead atoms. The van der Waals surface area contributed by atoms with Crippen LogP contribution in [0.4, 0.5) is 0 Å². The normalized spacial score (nSPS) is 32.6. The molecule has 19 heavy (non-hydrogen) atoms. The molecule has 3 unspecified atom stereocenters. The monoisotopic (exact) mass is 266 g/mol. The molecule has 1 N–H and O–H groups in total. The van der Waals surface area contributed by atoms with Crippen molar-refractivity contribution in [1.29, 1.82) is 0 Å². The minimum Gasteiger partial charge on any atom is -0.325 e. The summed E-state index contributed by atoms with van der Waals surface area (Å²) in [5.41, 5.74) is 0. The van der Waals surface area contributed by atoms with E-state index in [1.54, 1.807) is 0 Å². The average Bonchev–Trinajstić information content (AvgIpc) is 2.70. The zero-order chi connectivity index (χ0) is 14.0. The van der Waals surface area contributed by atoms with Gasteiger partial charge in [0, 0.05) is 6.04 Å². The second kappa shape index (κ2) is 6.25. The first-order valence-corrected chi connectivity index (χ1v) is 8.04. The maximum absolute atomic E-state index is 12.6. The summed E-state index contributed by atoms with van der Waals surface area (Å²) in [4.78, 5) is 14.7. The Balaban J connectivity index is 2.02. The van der Waals surface area contributed by atoms with E-state index in [0.717, 1.165) is 13.1 Å². The maximum Gasteiger partial charge on any atom is 0.241 e. The molecule has 0 aromatic carbocycles. The van der Waals surface area contributed by atoms with E-state index in [1.807, 2.05) is 0 Å². The number of carbonyl (C=O) groups excluding carboxylic acids is 1. The Bertz CT molecular complexity index is 314. The molecule has 1 aliphatic carbocycles. The van der Waals surface area contributed by atoms with E-state index in [-0.39, 0.29) is 6.04 Å². The van der Waals surface area contributed by atoms with E-state index < -0.39 is 0 Å². The molecule has 3 nitrogen and oxygen atoms in total. The van der Waals surface area contributed by atoms with Gasteiger partial charge < -0.3 is 4.90 Å². The van der Waals surface area contributed by atoms with Gasteiger partial charge in [0.1, 0.15) is 0 Å². The molecule has 2 rings (SSSR count). The van der Waals surface area contributed by atoms with Crippen LogP contribution >= 0.6 is 0 Å². The molecule has 3 heteroatoms. The maximum atomic E-state index is 12.6. The zero-order valence-electron chi connectivity index (χ0n) is 13.0. The summed E-state index contributed by atoms with van der Waals surface area (Å²) in [6.07, 6.45) is 6.08. The lowest BCUT2D eigenvalue weighted by Crippen LogP contribution is -2.46. The Labute approximate surface area is 118 Å². The summed E-state index contributed by atoms with van der Waals surface area (Å²) in [5.74, 6) is 2.31. The van der Waals surface area contributed by atoms with Crippen molar-refractivity contribution in [1.82, 2.24) is 10.2 Å². The van der Waals surface area contributed by atoms with Crippen LogP contribution < -0.4 is 5.32 Å². The number of rotatable bonds is 4. The fourth-order valence-electron chi connectivity index (χ4n) is 3.81. The molecule has 0 spiro atoms. The number of carbonyl (C=O) groups is 1. The van der Waals surface area contributed by atoms with Crippen LogP contribution in [0.3, 0.4) is 0 Å². The van der Waals surface area contributed by atoms with Gasteiger partial charge >= 0.3 is 0 Å². The van der Waals surface area contributed by atoms with Crippen molar-refractivity contribution >= 4 is 5.91 Å². The summed E-state index contributed by atoms with van der Waals surface area (Å²) in [7, 11) is 0. The summed E-state index contributed by atoms with van der Waals surface area (Å²) >= 11 is 0. The van der Waals surface area contributed by atoms with Crippen LogP contribution in [0, 0.1) is 17.8 Å². The van der Waals surface area contributed by atoms with Crippen LogP contribution in [0.2, 0.25) is 0 Å². The van der Waals surface area contributed by atoms with Crippen molar-refractivity contribution in [2.75, 3.05) is 6.67 Å². The summed E-state index contributed by atoms with van der Waals surface area (Å²) in [6, 6.07) is 0.542. The molecule has 1 amide bonds. The van der Waals surface area contributed by atoms with E-state index in [2.05, 4.69) is 37.9 Å². The first kappa shape index (κ1) is 14.8.